The lowest BCUT2D eigenvalue weighted by Crippen LogP contribution is -2.20. The third-order valence-corrected chi connectivity index (χ3v) is 3.23. The maximum Gasteiger partial charge on any atom is 0.309 e. The molecule has 3 heteroatoms. The SMILES string of the molecule is COC(=O)[C@@H]1[C@H](CC(C)(C)O)C1(C)C. The number of ether oxygens (including phenoxy) is 1. The van der Waals surface area contributed by atoms with Crippen LogP contribution >= 0.6 is 0 Å². The first-order valence-electron chi connectivity index (χ1n) is 5.00. The van der Waals surface area contributed by atoms with Gasteiger partial charge in [-0.3, -0.25) is 4.79 Å². The van der Waals surface area contributed by atoms with E-state index in [1.54, 1.807) is 13.8 Å². The van der Waals surface area contributed by atoms with Gasteiger partial charge in [-0.05, 0) is 31.6 Å². The summed E-state index contributed by atoms with van der Waals surface area (Å²) in [4.78, 5) is 11.4. The van der Waals surface area contributed by atoms with Crippen molar-refractivity contribution in [1.82, 2.24) is 0 Å². The van der Waals surface area contributed by atoms with Crippen LogP contribution in [0.3, 0.4) is 0 Å². The first kappa shape index (κ1) is 11.5. The van der Waals surface area contributed by atoms with Crippen molar-refractivity contribution in [1.29, 1.82) is 0 Å². The monoisotopic (exact) mass is 200 g/mol. The maximum absolute atomic E-state index is 11.4. The van der Waals surface area contributed by atoms with E-state index >= 15 is 0 Å². The molecule has 1 saturated carbocycles. The highest BCUT2D eigenvalue weighted by atomic mass is 16.5. The quantitative estimate of drug-likeness (QED) is 0.704. The topological polar surface area (TPSA) is 46.5 Å². The Hall–Kier alpha value is -0.570. The van der Waals surface area contributed by atoms with Crippen LogP contribution in [-0.4, -0.2) is 23.8 Å². The fourth-order valence-corrected chi connectivity index (χ4v) is 2.26. The lowest BCUT2D eigenvalue weighted by Gasteiger charge is -2.17. The van der Waals surface area contributed by atoms with Crippen molar-refractivity contribution in [3.05, 3.63) is 0 Å². The molecule has 0 aromatic rings. The average molecular weight is 200 g/mol. The van der Waals surface area contributed by atoms with Gasteiger partial charge >= 0.3 is 5.97 Å². The summed E-state index contributed by atoms with van der Waals surface area (Å²) in [6.45, 7) is 7.64. The molecule has 1 aliphatic rings. The Bertz CT molecular complexity index is 237. The number of esters is 1. The van der Waals surface area contributed by atoms with Crippen LogP contribution in [0.25, 0.3) is 0 Å². The number of aliphatic hydroxyl groups is 1. The Morgan fingerprint density at radius 2 is 2.00 bits per heavy atom. The predicted molar refractivity (Wildman–Crippen MR) is 53.7 cm³/mol. The van der Waals surface area contributed by atoms with E-state index in [-0.39, 0.29) is 23.2 Å². The normalized spacial score (nSPS) is 29.9. The zero-order valence-corrected chi connectivity index (χ0v) is 9.63. The van der Waals surface area contributed by atoms with Crippen molar-refractivity contribution in [2.45, 2.75) is 39.7 Å². The summed E-state index contributed by atoms with van der Waals surface area (Å²) >= 11 is 0. The van der Waals surface area contributed by atoms with Crippen molar-refractivity contribution in [3.63, 3.8) is 0 Å². The van der Waals surface area contributed by atoms with Gasteiger partial charge in [-0.2, -0.15) is 0 Å². The molecular formula is C11H20O3. The second-order valence-corrected chi connectivity index (χ2v) is 5.45. The summed E-state index contributed by atoms with van der Waals surface area (Å²) in [5, 5.41) is 9.68. The van der Waals surface area contributed by atoms with E-state index in [2.05, 4.69) is 0 Å². The Balaban J connectivity index is 2.62. The summed E-state index contributed by atoms with van der Waals surface area (Å²) < 4.78 is 4.73. The van der Waals surface area contributed by atoms with Crippen LogP contribution in [0.2, 0.25) is 0 Å². The minimum Gasteiger partial charge on any atom is -0.469 e. The van der Waals surface area contributed by atoms with E-state index in [1.807, 2.05) is 13.8 Å². The van der Waals surface area contributed by atoms with Crippen molar-refractivity contribution < 1.29 is 14.6 Å². The van der Waals surface area contributed by atoms with Crippen LogP contribution in [0.1, 0.15) is 34.1 Å². The van der Waals surface area contributed by atoms with E-state index in [0.29, 0.717) is 6.42 Å². The summed E-state index contributed by atoms with van der Waals surface area (Å²) in [5.41, 5.74) is -0.724. The fraction of sp³-hybridized carbons (Fsp3) is 0.909. The van der Waals surface area contributed by atoms with Crippen LogP contribution in [0, 0.1) is 17.3 Å². The second-order valence-electron chi connectivity index (χ2n) is 5.45. The smallest absolute Gasteiger partial charge is 0.309 e. The van der Waals surface area contributed by atoms with Gasteiger partial charge in [-0.15, -0.1) is 0 Å². The summed E-state index contributed by atoms with van der Waals surface area (Å²) in [7, 11) is 1.41. The third kappa shape index (κ3) is 2.08. The number of rotatable bonds is 3. The standard InChI is InChI=1S/C11H20O3/c1-10(2,13)6-7-8(9(12)14-5)11(7,3)4/h7-8,13H,6H2,1-5H3/t7-,8-/m0/s1. The van der Waals surface area contributed by atoms with E-state index in [1.165, 1.54) is 7.11 Å². The number of carbonyl (C=O) groups is 1. The molecule has 0 aromatic heterocycles. The molecule has 82 valence electrons. The molecule has 0 amide bonds. The lowest BCUT2D eigenvalue weighted by atomic mass is 9.97. The molecule has 0 heterocycles. The van der Waals surface area contributed by atoms with Gasteiger partial charge in [0, 0.05) is 0 Å². The van der Waals surface area contributed by atoms with Crippen molar-refractivity contribution in [3.8, 4) is 0 Å². The molecule has 0 aromatic carbocycles. The number of hydrogen-bond donors (Lipinski definition) is 1. The van der Waals surface area contributed by atoms with E-state index in [0.717, 1.165) is 0 Å². The lowest BCUT2D eigenvalue weighted by molar-refractivity contribution is -0.143. The Morgan fingerprint density at radius 3 is 2.36 bits per heavy atom. The summed E-state index contributed by atoms with van der Waals surface area (Å²) in [6, 6.07) is 0. The molecule has 1 rings (SSSR count). The highest BCUT2D eigenvalue weighted by molar-refractivity contribution is 5.77. The van der Waals surface area contributed by atoms with Crippen LogP contribution < -0.4 is 0 Å². The molecule has 1 N–H and O–H groups in total. The zero-order valence-electron chi connectivity index (χ0n) is 9.63. The Labute approximate surface area is 85.5 Å². The first-order chi connectivity index (χ1) is 6.20. The molecule has 0 spiro atoms. The first-order valence-corrected chi connectivity index (χ1v) is 5.00. The number of methoxy groups -OCH3 is 1. The molecule has 14 heavy (non-hydrogen) atoms. The molecule has 0 radical (unpaired) electrons. The van der Waals surface area contributed by atoms with E-state index in [9.17, 15) is 9.90 Å². The number of hydrogen-bond acceptors (Lipinski definition) is 3. The minimum atomic E-state index is -0.704. The Morgan fingerprint density at radius 1 is 1.50 bits per heavy atom. The van der Waals surface area contributed by atoms with Crippen molar-refractivity contribution in [2.24, 2.45) is 17.3 Å². The minimum absolute atomic E-state index is 0.0207. The highest BCUT2D eigenvalue weighted by Crippen LogP contribution is 2.61. The molecule has 0 unspecified atom stereocenters. The molecule has 2 atom stereocenters. The maximum atomic E-state index is 11.4. The van der Waals surface area contributed by atoms with E-state index < -0.39 is 5.60 Å². The van der Waals surface area contributed by atoms with Gasteiger partial charge in [0.25, 0.3) is 0 Å². The van der Waals surface area contributed by atoms with Gasteiger partial charge in [0.05, 0.1) is 18.6 Å². The largest absolute Gasteiger partial charge is 0.469 e. The molecule has 0 bridgehead atoms. The van der Waals surface area contributed by atoms with Crippen LogP contribution in [-0.2, 0) is 9.53 Å². The average Bonchev–Trinajstić information content (AvgIpc) is 2.49. The Kier molecular flexibility index (Phi) is 2.65. The number of carbonyl (C=O) groups excluding carboxylic acids is 1. The third-order valence-electron chi connectivity index (χ3n) is 3.23. The van der Waals surface area contributed by atoms with Gasteiger partial charge in [-0.25, -0.2) is 0 Å². The molecule has 1 aliphatic carbocycles. The molecule has 3 nitrogen and oxygen atoms in total. The predicted octanol–water partition coefficient (Wildman–Crippen LogP) is 1.59. The van der Waals surface area contributed by atoms with Crippen molar-refractivity contribution >= 4 is 5.97 Å². The summed E-state index contributed by atoms with van der Waals surface area (Å²) in [6.07, 6.45) is 0.653. The molecular weight excluding hydrogens is 180 g/mol. The van der Waals surface area contributed by atoms with Crippen LogP contribution in [0.15, 0.2) is 0 Å². The highest BCUT2D eigenvalue weighted by Gasteiger charge is 2.63. The van der Waals surface area contributed by atoms with Crippen molar-refractivity contribution in [2.75, 3.05) is 7.11 Å². The van der Waals surface area contributed by atoms with Gasteiger partial charge in [0.2, 0.25) is 0 Å². The van der Waals surface area contributed by atoms with Gasteiger partial charge in [0.1, 0.15) is 0 Å². The molecule has 0 saturated heterocycles. The zero-order chi connectivity index (χ0) is 11.1. The second kappa shape index (κ2) is 3.23. The van der Waals surface area contributed by atoms with E-state index in [4.69, 9.17) is 4.74 Å². The van der Waals surface area contributed by atoms with Crippen LogP contribution in [0.4, 0.5) is 0 Å². The van der Waals surface area contributed by atoms with Gasteiger partial charge < -0.3 is 9.84 Å². The molecule has 1 fully saturated rings. The van der Waals surface area contributed by atoms with Gasteiger partial charge in [-0.1, -0.05) is 13.8 Å². The molecule has 0 aliphatic heterocycles. The fourth-order valence-electron chi connectivity index (χ4n) is 2.26. The summed E-state index contributed by atoms with van der Waals surface area (Å²) in [5.74, 6) is 0.0538. The van der Waals surface area contributed by atoms with Gasteiger partial charge in [0.15, 0.2) is 0 Å². The van der Waals surface area contributed by atoms with Crippen LogP contribution in [0.5, 0.6) is 0 Å².